The minimum absolute atomic E-state index is 0.0424. The summed E-state index contributed by atoms with van der Waals surface area (Å²) in [5, 5.41) is 22.7. The fourth-order valence-corrected chi connectivity index (χ4v) is 8.77. The average molecular weight is 1150 g/mol. The molecule has 2 aromatic heterocycles. The van der Waals surface area contributed by atoms with Gasteiger partial charge in [-0.15, -0.1) is 16.7 Å². The third-order valence-electron chi connectivity index (χ3n) is 10.4. The monoisotopic (exact) mass is 1150 g/mol. The van der Waals surface area contributed by atoms with Gasteiger partial charge >= 0.3 is 36.3 Å². The first kappa shape index (κ1) is 60.4. The zero-order valence-corrected chi connectivity index (χ0v) is 44.0. The second kappa shape index (κ2) is 24.5. The minimum Gasteiger partial charge on any atom is -0.493 e. The lowest BCUT2D eigenvalue weighted by molar-refractivity contribution is -0.148. The van der Waals surface area contributed by atoms with Crippen LogP contribution in [0.4, 0.5) is 32.0 Å². The van der Waals surface area contributed by atoms with Gasteiger partial charge in [0.25, 0.3) is 0 Å². The number of carbonyl (C=O) groups excluding carboxylic acids is 4. The second-order valence-corrected chi connectivity index (χ2v) is 19.5. The molecule has 3 heterocycles. The Bertz CT molecular complexity index is 3170. The summed E-state index contributed by atoms with van der Waals surface area (Å²) in [5.74, 6) is -4.42. The number of benzene rings is 3. The lowest BCUT2D eigenvalue weighted by Gasteiger charge is -2.32. The highest BCUT2D eigenvalue weighted by atomic mass is 35.5. The number of ketones is 1. The van der Waals surface area contributed by atoms with Crippen molar-refractivity contribution >= 4 is 91.3 Å². The van der Waals surface area contributed by atoms with Crippen LogP contribution in [0.5, 0.6) is 5.88 Å². The number of anilines is 1. The molecular weight excluding hydrogens is 1100 g/mol. The van der Waals surface area contributed by atoms with Crippen molar-refractivity contribution in [3.8, 4) is 11.6 Å². The van der Waals surface area contributed by atoms with E-state index in [4.69, 9.17) is 60.6 Å². The number of nitrogens with zero attached hydrogens (tertiary/aromatic N) is 7. The number of aromatic nitrogens is 5. The Balaban J connectivity index is 0.000000241. The molecule has 5 aromatic rings. The van der Waals surface area contributed by atoms with Gasteiger partial charge < -0.3 is 19.3 Å². The van der Waals surface area contributed by atoms with Crippen LogP contribution in [-0.2, 0) is 58.1 Å². The molecule has 2 unspecified atom stereocenters. The number of rotatable bonds is 14. The van der Waals surface area contributed by atoms with Gasteiger partial charge in [-0.3, -0.25) is 9.59 Å². The smallest absolute Gasteiger partial charge is 0.416 e. The zero-order chi connectivity index (χ0) is 55.9. The third-order valence-corrected chi connectivity index (χ3v) is 12.8. The Kier molecular flexibility index (Phi) is 20.0. The molecule has 6 rings (SSSR count). The SMILES string of the molecule is CCOC(=O)C(Cl)Cc1cc(-n2nc(C)n(C(F)F)c2=O)c(F)cc1Cl.CCOC(=O)C1=NN(c2ccc(Cl)cc2Cl)C(C)(C(=O)OCC)C1.Cc1nn(C)c(O)c1C(=O)c1ccc(C(F)(F)F)cc1S(C)(=O)=O. The topological polar surface area (TPSA) is 224 Å². The summed E-state index contributed by atoms with van der Waals surface area (Å²) < 4.78 is 119. The number of alkyl halides is 6. The van der Waals surface area contributed by atoms with Crippen LogP contribution in [0, 0.1) is 19.7 Å². The zero-order valence-electron chi connectivity index (χ0n) is 40.2. The molecule has 74 heavy (non-hydrogen) atoms. The molecule has 18 nitrogen and oxygen atoms in total. The molecule has 0 saturated heterocycles. The Labute approximate surface area is 438 Å². The van der Waals surface area contributed by atoms with Crippen LogP contribution in [0.2, 0.25) is 15.1 Å². The van der Waals surface area contributed by atoms with E-state index in [1.54, 1.807) is 45.9 Å². The van der Waals surface area contributed by atoms with Crippen molar-refractivity contribution in [2.75, 3.05) is 31.1 Å². The number of hydrogen-bond acceptors (Lipinski definition) is 15. The Hall–Kier alpha value is -6.15. The molecule has 402 valence electrons. The molecule has 0 spiro atoms. The number of hydrogen-bond donors (Lipinski definition) is 1. The fourth-order valence-electron chi connectivity index (χ4n) is 6.92. The quantitative estimate of drug-likeness (QED) is 0.0361. The maximum atomic E-state index is 14.2. The molecule has 0 fully saturated rings. The highest BCUT2D eigenvalue weighted by Gasteiger charge is 2.49. The predicted molar refractivity (Wildman–Crippen MR) is 259 cm³/mol. The molecule has 0 bridgehead atoms. The summed E-state index contributed by atoms with van der Waals surface area (Å²) >= 11 is 24.1. The number of ether oxygens (including phenoxy) is 3. The van der Waals surface area contributed by atoms with Crippen molar-refractivity contribution in [3.05, 3.63) is 114 Å². The van der Waals surface area contributed by atoms with E-state index in [9.17, 15) is 63.8 Å². The highest BCUT2D eigenvalue weighted by molar-refractivity contribution is 7.90. The first-order valence-corrected chi connectivity index (χ1v) is 24.9. The molecule has 0 radical (unpaired) electrons. The van der Waals surface area contributed by atoms with Gasteiger partial charge in [-0.2, -0.15) is 36.8 Å². The highest BCUT2D eigenvalue weighted by Crippen LogP contribution is 2.40. The summed E-state index contributed by atoms with van der Waals surface area (Å²) in [6, 6.07) is 8.65. The molecule has 0 amide bonds. The number of hydrazone groups is 1. The van der Waals surface area contributed by atoms with E-state index in [0.29, 0.717) is 38.8 Å². The largest absolute Gasteiger partial charge is 0.493 e. The summed E-state index contributed by atoms with van der Waals surface area (Å²) in [5.41, 5.74) is -3.76. The first-order valence-electron chi connectivity index (χ1n) is 21.4. The number of sulfone groups is 1. The summed E-state index contributed by atoms with van der Waals surface area (Å²) in [6.45, 7) is 6.71. The van der Waals surface area contributed by atoms with Gasteiger partial charge in [0.1, 0.15) is 28.2 Å². The number of halogens is 10. The second-order valence-electron chi connectivity index (χ2n) is 15.8. The van der Waals surface area contributed by atoms with E-state index in [1.165, 1.54) is 25.9 Å². The van der Waals surface area contributed by atoms with Crippen LogP contribution in [0.1, 0.15) is 79.2 Å². The number of aryl methyl sites for hydroxylation is 3. The number of esters is 3. The maximum absolute atomic E-state index is 14.2. The Morgan fingerprint density at radius 3 is 2.03 bits per heavy atom. The summed E-state index contributed by atoms with van der Waals surface area (Å²) in [4.78, 5) is 60.1. The van der Waals surface area contributed by atoms with E-state index < -0.39 is 90.6 Å². The normalized spacial score (nSPS) is 14.9. The molecule has 0 saturated carbocycles. The first-order chi connectivity index (χ1) is 34.3. The maximum Gasteiger partial charge on any atom is 0.416 e. The van der Waals surface area contributed by atoms with E-state index in [1.807, 2.05) is 0 Å². The molecule has 0 aliphatic carbocycles. The molecule has 2 atom stereocenters. The van der Waals surface area contributed by atoms with Crippen LogP contribution in [0.25, 0.3) is 5.69 Å². The van der Waals surface area contributed by atoms with Crippen LogP contribution in [0.15, 0.2) is 63.3 Å². The molecule has 1 aliphatic heterocycles. The summed E-state index contributed by atoms with van der Waals surface area (Å²) in [6.07, 6.45) is -4.11. The molecular formula is C45H45Cl4F6N7O11S. The lowest BCUT2D eigenvalue weighted by atomic mass is 9.95. The standard InChI is InChI=1S/C16H18Cl2N2O4.C15H14Cl2F3N3O3.C14H13F3N2O4S/c1-4-23-14(21)12-9-16(3,15(22)24-5-2)20(19-12)13-7-6-10(17)8-11(13)18;1-3-26-13(24)10(17)4-8-5-12(11(18)6-9(8)16)23-15(25)22(14(19)20)7(2)21-23;1-7-11(13(21)19(2)18-7)12(20)9-5-4-8(14(15,16)17)6-10(9)24(3,22)23/h6-8H,4-5,9H2,1-3H3;5-6,10,14H,3-4H2,1-2H3;4-6,21H,1-3H3. The minimum atomic E-state index is -4.76. The van der Waals surface area contributed by atoms with Gasteiger partial charge in [-0.05, 0) is 95.6 Å². The van der Waals surface area contributed by atoms with Gasteiger partial charge in [0.15, 0.2) is 21.2 Å². The van der Waals surface area contributed by atoms with Gasteiger partial charge in [-0.1, -0.05) is 34.8 Å². The predicted octanol–water partition coefficient (Wildman–Crippen LogP) is 8.77. The fraction of sp³-hybridized carbons (Fsp3) is 0.378. The van der Waals surface area contributed by atoms with Crippen molar-refractivity contribution in [1.82, 2.24) is 24.1 Å². The third kappa shape index (κ3) is 13.8. The Morgan fingerprint density at radius 1 is 0.892 bits per heavy atom. The van der Waals surface area contributed by atoms with Crippen molar-refractivity contribution < 1.29 is 73.3 Å². The summed E-state index contributed by atoms with van der Waals surface area (Å²) in [7, 11) is -2.75. The van der Waals surface area contributed by atoms with Crippen molar-refractivity contribution in [1.29, 1.82) is 0 Å². The van der Waals surface area contributed by atoms with Crippen molar-refractivity contribution in [3.63, 3.8) is 0 Å². The van der Waals surface area contributed by atoms with E-state index in [2.05, 4.69) is 15.3 Å². The van der Waals surface area contributed by atoms with Crippen molar-refractivity contribution in [2.24, 2.45) is 12.1 Å². The van der Waals surface area contributed by atoms with Crippen molar-refractivity contribution in [2.45, 2.75) is 82.9 Å². The van der Waals surface area contributed by atoms with Crippen LogP contribution in [0.3, 0.4) is 0 Å². The van der Waals surface area contributed by atoms with Gasteiger partial charge in [0.05, 0.1) is 46.7 Å². The van der Waals surface area contributed by atoms with Gasteiger partial charge in [0, 0.05) is 41.8 Å². The van der Waals surface area contributed by atoms with Crippen LogP contribution in [-0.4, -0.2) is 104 Å². The van der Waals surface area contributed by atoms with E-state index >= 15 is 0 Å². The number of carbonyl (C=O) groups is 4. The van der Waals surface area contributed by atoms with E-state index in [-0.39, 0.29) is 76.3 Å². The molecule has 3 aromatic carbocycles. The van der Waals surface area contributed by atoms with Gasteiger partial charge in [-0.25, -0.2) is 41.4 Å². The average Bonchev–Trinajstić information content (AvgIpc) is 3.91. The van der Waals surface area contributed by atoms with Crippen LogP contribution < -0.4 is 10.7 Å². The van der Waals surface area contributed by atoms with Crippen LogP contribution >= 0.6 is 46.4 Å². The van der Waals surface area contributed by atoms with E-state index in [0.717, 1.165) is 22.9 Å². The number of aromatic hydroxyl groups is 1. The molecule has 29 heteroatoms. The Morgan fingerprint density at radius 2 is 1.51 bits per heavy atom. The molecule has 1 aliphatic rings. The lowest BCUT2D eigenvalue weighted by Crippen LogP contribution is -2.48. The van der Waals surface area contributed by atoms with Gasteiger partial charge in [0.2, 0.25) is 11.7 Å². The molecule has 1 N–H and O–H groups in total.